The maximum Gasteiger partial charge on any atom is 0.142 e. The minimum atomic E-state index is 0.456. The molecule has 0 aromatic heterocycles. The van der Waals surface area contributed by atoms with Crippen LogP contribution in [0, 0.1) is 0 Å². The van der Waals surface area contributed by atoms with Crippen LogP contribution >= 0.6 is 12.2 Å². The van der Waals surface area contributed by atoms with Gasteiger partial charge in [0, 0.05) is 39.3 Å². The third-order valence-corrected chi connectivity index (χ3v) is 3.78. The Morgan fingerprint density at radius 3 is 2.65 bits per heavy atom. The van der Waals surface area contributed by atoms with Crippen molar-refractivity contribution in [3.63, 3.8) is 0 Å². The first-order chi connectivity index (χ1) is 9.70. The summed E-state index contributed by atoms with van der Waals surface area (Å²) in [4.78, 5) is 4.80. The zero-order valence-corrected chi connectivity index (χ0v) is 13.3. The summed E-state index contributed by atoms with van der Waals surface area (Å²) in [6.45, 7) is 5.93. The van der Waals surface area contributed by atoms with Gasteiger partial charge < -0.3 is 39.8 Å². The predicted molar refractivity (Wildman–Crippen MR) is 89.6 cm³/mol. The number of ether oxygens (including phenoxy) is 1. The summed E-state index contributed by atoms with van der Waals surface area (Å²) in [6, 6.07) is 8.18. The number of para-hydroxylation sites is 2. The van der Waals surface area contributed by atoms with Gasteiger partial charge in [-0.15, -0.1) is 0 Å². The van der Waals surface area contributed by atoms with Crippen molar-refractivity contribution in [2.75, 3.05) is 51.3 Å². The quantitative estimate of drug-likeness (QED) is 0.650. The van der Waals surface area contributed by atoms with Crippen molar-refractivity contribution in [1.82, 2.24) is 10.2 Å². The lowest BCUT2D eigenvalue weighted by atomic mass is 10.2. The van der Waals surface area contributed by atoms with Gasteiger partial charge in [0.1, 0.15) is 5.75 Å². The van der Waals surface area contributed by atoms with E-state index in [1.54, 1.807) is 7.11 Å². The fraction of sp³-hybridized carbons (Fsp3) is 0.500. The van der Waals surface area contributed by atoms with Crippen LogP contribution in [0.25, 0.3) is 0 Å². The molecule has 1 aromatic rings. The first-order valence-electron chi connectivity index (χ1n) is 6.76. The fourth-order valence-electron chi connectivity index (χ4n) is 2.42. The summed E-state index contributed by atoms with van der Waals surface area (Å²) in [5.74, 6) is 0.944. The summed E-state index contributed by atoms with van der Waals surface area (Å²) in [5, 5.41) is 3.02. The largest absolute Gasteiger partial charge is 0.495 e. The monoisotopic (exact) mass is 310 g/mol. The summed E-state index contributed by atoms with van der Waals surface area (Å²) < 4.78 is 5.88. The number of rotatable bonds is 5. The second kappa shape index (κ2) is 7.61. The van der Waals surface area contributed by atoms with E-state index in [4.69, 9.17) is 29.6 Å². The summed E-state index contributed by atoms with van der Waals surface area (Å²) in [6.07, 6.45) is 0. The molecular formula is C14H20N3OS2-. The van der Waals surface area contributed by atoms with Crippen LogP contribution in [0.1, 0.15) is 0 Å². The molecule has 1 saturated heterocycles. The van der Waals surface area contributed by atoms with E-state index < -0.39 is 0 Å². The van der Waals surface area contributed by atoms with Crippen molar-refractivity contribution in [3.05, 3.63) is 24.3 Å². The Morgan fingerprint density at radius 1 is 1.30 bits per heavy atom. The lowest BCUT2D eigenvalue weighted by molar-refractivity contribution is 0.261. The molecule has 0 atom stereocenters. The summed E-state index contributed by atoms with van der Waals surface area (Å²) in [7, 11) is 1.72. The first kappa shape index (κ1) is 15.3. The maximum absolute atomic E-state index is 5.43. The van der Waals surface area contributed by atoms with E-state index in [-0.39, 0.29) is 0 Å². The number of methoxy groups -OCH3 is 1. The zero-order chi connectivity index (χ0) is 14.4. The number of benzene rings is 1. The van der Waals surface area contributed by atoms with Crippen LogP contribution in [0.2, 0.25) is 0 Å². The average Bonchev–Trinajstić information content (AvgIpc) is 2.47. The molecule has 0 radical (unpaired) electrons. The Balaban J connectivity index is 1.83. The highest BCUT2D eigenvalue weighted by Crippen LogP contribution is 2.28. The van der Waals surface area contributed by atoms with Gasteiger partial charge in [-0.2, -0.15) is 0 Å². The standard InChI is InChI=1S/C14H21N3OS2/c1-18-13-5-3-2-4-12(13)17-10-8-16(9-11-17)7-6-15-14(19)20/h2-5H,6-11H2,1H3,(H2,15,19,20)/p-1. The number of nitrogens with one attached hydrogen (secondary N) is 1. The second-order valence-electron chi connectivity index (χ2n) is 4.71. The van der Waals surface area contributed by atoms with Crippen LogP contribution in [-0.4, -0.2) is 55.6 Å². The lowest BCUT2D eigenvalue weighted by Gasteiger charge is -2.36. The molecule has 4 nitrogen and oxygen atoms in total. The van der Waals surface area contributed by atoms with Crippen molar-refractivity contribution in [2.45, 2.75) is 0 Å². The van der Waals surface area contributed by atoms with Crippen molar-refractivity contribution in [3.8, 4) is 5.75 Å². The molecular weight excluding hydrogens is 290 g/mol. The second-order valence-corrected chi connectivity index (χ2v) is 5.79. The predicted octanol–water partition coefficient (Wildman–Crippen LogP) is 1.24. The highest BCUT2D eigenvalue weighted by atomic mass is 32.1. The molecule has 2 rings (SSSR count). The number of piperazine rings is 1. The Bertz CT molecular complexity index is 448. The number of hydrogen-bond donors (Lipinski definition) is 1. The fourth-order valence-corrected chi connectivity index (χ4v) is 2.62. The van der Waals surface area contributed by atoms with Gasteiger partial charge in [0.05, 0.1) is 12.8 Å². The van der Waals surface area contributed by atoms with E-state index in [1.165, 1.54) is 5.69 Å². The van der Waals surface area contributed by atoms with Gasteiger partial charge in [-0.1, -0.05) is 16.5 Å². The van der Waals surface area contributed by atoms with Gasteiger partial charge in [0.25, 0.3) is 0 Å². The minimum Gasteiger partial charge on any atom is -0.495 e. The van der Waals surface area contributed by atoms with Crippen LogP contribution in [0.3, 0.4) is 0 Å². The Labute approximate surface area is 131 Å². The van der Waals surface area contributed by atoms with Gasteiger partial charge in [-0.05, 0) is 12.1 Å². The van der Waals surface area contributed by atoms with Crippen LogP contribution in [0.15, 0.2) is 24.3 Å². The molecule has 0 spiro atoms. The van der Waals surface area contributed by atoms with Crippen molar-refractivity contribution in [2.24, 2.45) is 0 Å². The van der Waals surface area contributed by atoms with Gasteiger partial charge in [0.2, 0.25) is 0 Å². The normalized spacial score (nSPS) is 15.9. The highest BCUT2D eigenvalue weighted by molar-refractivity contribution is 8.00. The van der Waals surface area contributed by atoms with Gasteiger partial charge >= 0.3 is 0 Å². The molecule has 1 heterocycles. The van der Waals surface area contributed by atoms with Crippen LogP contribution < -0.4 is 15.0 Å². The Kier molecular flexibility index (Phi) is 5.82. The zero-order valence-electron chi connectivity index (χ0n) is 11.7. The SMILES string of the molecule is COc1ccccc1N1CCN(CCNC(=S)[S-])CC1. The summed E-state index contributed by atoms with van der Waals surface area (Å²) >= 11 is 9.67. The van der Waals surface area contributed by atoms with Crippen LogP contribution in [0.4, 0.5) is 5.69 Å². The molecule has 1 aromatic carbocycles. The molecule has 1 aliphatic rings. The van der Waals surface area contributed by atoms with E-state index in [0.29, 0.717) is 4.32 Å². The van der Waals surface area contributed by atoms with E-state index in [2.05, 4.69) is 27.2 Å². The van der Waals surface area contributed by atoms with Gasteiger partial charge in [0.15, 0.2) is 0 Å². The molecule has 0 amide bonds. The van der Waals surface area contributed by atoms with Gasteiger partial charge in [-0.25, -0.2) is 0 Å². The van der Waals surface area contributed by atoms with Crippen LogP contribution in [0.5, 0.6) is 5.75 Å². The van der Waals surface area contributed by atoms with Crippen LogP contribution in [-0.2, 0) is 12.6 Å². The van der Waals surface area contributed by atoms with Crippen molar-refractivity contribution >= 4 is 34.9 Å². The number of nitrogens with zero attached hydrogens (tertiary/aromatic N) is 2. The highest BCUT2D eigenvalue weighted by Gasteiger charge is 2.18. The third-order valence-electron chi connectivity index (χ3n) is 3.50. The van der Waals surface area contributed by atoms with Gasteiger partial charge in [-0.3, -0.25) is 4.90 Å². The Hall–Kier alpha value is -1.11. The molecule has 0 saturated carbocycles. The summed E-state index contributed by atoms with van der Waals surface area (Å²) in [5.41, 5.74) is 1.18. The molecule has 20 heavy (non-hydrogen) atoms. The molecule has 0 aliphatic carbocycles. The molecule has 0 bridgehead atoms. The number of thiocarbonyl (C=S) groups is 1. The molecule has 6 heteroatoms. The van der Waals surface area contributed by atoms with E-state index in [0.717, 1.165) is 45.0 Å². The minimum absolute atomic E-state index is 0.456. The lowest BCUT2D eigenvalue weighted by Crippen LogP contribution is -2.48. The molecule has 1 aliphatic heterocycles. The molecule has 0 unspecified atom stereocenters. The van der Waals surface area contributed by atoms with E-state index in [9.17, 15) is 0 Å². The van der Waals surface area contributed by atoms with Crippen molar-refractivity contribution < 1.29 is 4.74 Å². The topological polar surface area (TPSA) is 27.7 Å². The molecule has 1 N–H and O–H groups in total. The number of hydrogen-bond acceptors (Lipinski definition) is 5. The number of anilines is 1. The van der Waals surface area contributed by atoms with Crippen molar-refractivity contribution in [1.29, 1.82) is 0 Å². The maximum atomic E-state index is 5.43. The first-order valence-corrected chi connectivity index (χ1v) is 7.57. The third kappa shape index (κ3) is 4.19. The van der Waals surface area contributed by atoms with E-state index >= 15 is 0 Å². The average molecular weight is 310 g/mol. The smallest absolute Gasteiger partial charge is 0.142 e. The molecule has 110 valence electrons. The Morgan fingerprint density at radius 2 is 2.00 bits per heavy atom. The van der Waals surface area contributed by atoms with E-state index in [1.807, 2.05) is 12.1 Å². The molecule has 1 fully saturated rings.